The van der Waals surface area contributed by atoms with Crippen LogP contribution in [-0.2, 0) is 6.42 Å². The van der Waals surface area contributed by atoms with Crippen molar-refractivity contribution in [2.45, 2.75) is 126 Å². The van der Waals surface area contributed by atoms with E-state index in [1.807, 2.05) is 55.4 Å². The SMILES string of the molecule is CC.CC.CC.CC.Cc1cc(C)cc(CC2CC2c2ccc(C3CCCCC3)cc2)c1. The Hall–Kier alpha value is -1.56. The molecule has 32 heavy (non-hydrogen) atoms. The predicted octanol–water partition coefficient (Wildman–Crippen LogP) is 10.8. The molecule has 0 heteroatoms. The van der Waals surface area contributed by atoms with Gasteiger partial charge in [0.15, 0.2) is 0 Å². The summed E-state index contributed by atoms with van der Waals surface area (Å²) in [6.07, 6.45) is 9.71. The van der Waals surface area contributed by atoms with Crippen LogP contribution >= 0.6 is 0 Å². The fourth-order valence-corrected chi connectivity index (χ4v) is 4.82. The van der Waals surface area contributed by atoms with Crippen LogP contribution in [-0.4, -0.2) is 0 Å². The van der Waals surface area contributed by atoms with Crippen LogP contribution in [0.25, 0.3) is 0 Å². The van der Waals surface area contributed by atoms with E-state index < -0.39 is 0 Å². The molecule has 0 nitrogen and oxygen atoms in total. The summed E-state index contributed by atoms with van der Waals surface area (Å²) in [5.74, 6) is 2.48. The molecule has 182 valence electrons. The van der Waals surface area contributed by atoms with E-state index in [4.69, 9.17) is 0 Å². The van der Waals surface area contributed by atoms with Crippen LogP contribution in [0.4, 0.5) is 0 Å². The smallest absolute Gasteiger partial charge is 0.0127 e. The van der Waals surface area contributed by atoms with Gasteiger partial charge >= 0.3 is 0 Å². The van der Waals surface area contributed by atoms with E-state index in [-0.39, 0.29) is 0 Å². The first-order valence-electron chi connectivity index (χ1n) is 13.9. The monoisotopic (exact) mass is 438 g/mol. The Morgan fingerprint density at radius 2 is 1.09 bits per heavy atom. The minimum Gasteiger partial charge on any atom is -0.0683 e. The van der Waals surface area contributed by atoms with Crippen molar-refractivity contribution in [2.24, 2.45) is 5.92 Å². The summed E-state index contributed by atoms with van der Waals surface area (Å²) in [6, 6.07) is 16.7. The Bertz CT molecular complexity index is 668. The molecule has 2 aromatic carbocycles. The standard InChI is InChI=1S/C24H30.4C2H6/c1-17-12-18(2)14-19(13-17)15-23-16-24(23)22-10-8-21(9-11-22)20-6-4-3-5-7-20;4*1-2/h8-14,20,23-24H,3-7,15-16H2,1-2H3;4*1-2H3. The van der Waals surface area contributed by atoms with Gasteiger partial charge in [0.05, 0.1) is 0 Å². The van der Waals surface area contributed by atoms with Crippen molar-refractivity contribution in [3.63, 3.8) is 0 Å². The second-order valence-electron chi connectivity index (χ2n) is 8.30. The molecule has 2 unspecified atom stereocenters. The first-order valence-corrected chi connectivity index (χ1v) is 13.9. The van der Waals surface area contributed by atoms with E-state index in [1.165, 1.54) is 61.6 Å². The summed E-state index contributed by atoms with van der Waals surface area (Å²) in [5.41, 5.74) is 7.49. The molecule has 2 atom stereocenters. The van der Waals surface area contributed by atoms with Gasteiger partial charge in [-0.3, -0.25) is 0 Å². The molecular formula is C32H54. The van der Waals surface area contributed by atoms with Crippen LogP contribution in [0.1, 0.15) is 134 Å². The Morgan fingerprint density at radius 1 is 0.625 bits per heavy atom. The molecular weight excluding hydrogens is 384 g/mol. The second-order valence-corrected chi connectivity index (χ2v) is 8.30. The van der Waals surface area contributed by atoms with Crippen LogP contribution in [0.15, 0.2) is 42.5 Å². The highest BCUT2D eigenvalue weighted by Gasteiger charge is 2.38. The molecule has 0 heterocycles. The summed E-state index contributed by atoms with van der Waals surface area (Å²) in [7, 11) is 0. The largest absolute Gasteiger partial charge is 0.0683 e. The van der Waals surface area contributed by atoms with Gasteiger partial charge in [0.25, 0.3) is 0 Å². The minimum absolute atomic E-state index is 0.797. The molecule has 0 N–H and O–H groups in total. The Balaban J connectivity index is 0.00000109. The fourth-order valence-electron chi connectivity index (χ4n) is 4.82. The zero-order valence-electron chi connectivity index (χ0n) is 23.2. The van der Waals surface area contributed by atoms with Crippen molar-refractivity contribution in [3.05, 3.63) is 70.3 Å². The lowest BCUT2D eigenvalue weighted by atomic mass is 9.84. The molecule has 2 saturated carbocycles. The van der Waals surface area contributed by atoms with Crippen LogP contribution < -0.4 is 0 Å². The molecule has 4 rings (SSSR count). The van der Waals surface area contributed by atoms with Crippen molar-refractivity contribution < 1.29 is 0 Å². The highest BCUT2D eigenvalue weighted by Crippen LogP contribution is 2.49. The van der Waals surface area contributed by atoms with Crippen molar-refractivity contribution >= 4 is 0 Å². The maximum Gasteiger partial charge on any atom is -0.0127 e. The number of aryl methyl sites for hydroxylation is 2. The van der Waals surface area contributed by atoms with Gasteiger partial charge in [0, 0.05) is 0 Å². The van der Waals surface area contributed by atoms with E-state index in [0.717, 1.165) is 17.8 Å². The first-order chi connectivity index (χ1) is 15.7. The summed E-state index contributed by atoms with van der Waals surface area (Å²) in [4.78, 5) is 0. The molecule has 0 aliphatic heterocycles. The molecule has 2 fully saturated rings. The van der Waals surface area contributed by atoms with Gasteiger partial charge in [0.2, 0.25) is 0 Å². The summed E-state index contributed by atoms with van der Waals surface area (Å²) in [5, 5.41) is 0. The molecule has 0 saturated heterocycles. The van der Waals surface area contributed by atoms with Gasteiger partial charge in [-0.1, -0.05) is 128 Å². The highest BCUT2D eigenvalue weighted by atomic mass is 14.4. The van der Waals surface area contributed by atoms with Crippen molar-refractivity contribution in [3.8, 4) is 0 Å². The van der Waals surface area contributed by atoms with Crippen molar-refractivity contribution in [1.82, 2.24) is 0 Å². The molecule has 2 aromatic rings. The third-order valence-electron chi connectivity index (χ3n) is 6.14. The zero-order valence-corrected chi connectivity index (χ0v) is 23.2. The normalized spacial score (nSPS) is 18.8. The highest BCUT2D eigenvalue weighted by molar-refractivity contribution is 5.34. The van der Waals surface area contributed by atoms with Gasteiger partial charge < -0.3 is 0 Å². The quantitative estimate of drug-likeness (QED) is 0.445. The lowest BCUT2D eigenvalue weighted by Crippen LogP contribution is -2.04. The molecule has 0 amide bonds. The second kappa shape index (κ2) is 17.9. The van der Waals surface area contributed by atoms with E-state index in [9.17, 15) is 0 Å². The number of benzene rings is 2. The predicted molar refractivity (Wildman–Crippen MR) is 148 cm³/mol. The first kappa shape index (κ1) is 30.4. The minimum atomic E-state index is 0.797. The van der Waals surface area contributed by atoms with Crippen molar-refractivity contribution in [2.75, 3.05) is 0 Å². The van der Waals surface area contributed by atoms with Crippen LogP contribution in [0.3, 0.4) is 0 Å². The molecule has 0 bridgehead atoms. The maximum atomic E-state index is 2.43. The van der Waals surface area contributed by atoms with Gasteiger partial charge in [-0.05, 0) is 74.0 Å². The molecule has 2 aliphatic carbocycles. The van der Waals surface area contributed by atoms with Gasteiger partial charge in [0.1, 0.15) is 0 Å². The van der Waals surface area contributed by atoms with E-state index >= 15 is 0 Å². The lowest BCUT2D eigenvalue weighted by molar-refractivity contribution is 0.443. The van der Waals surface area contributed by atoms with Crippen LogP contribution in [0.2, 0.25) is 0 Å². The topological polar surface area (TPSA) is 0 Å². The summed E-state index contributed by atoms with van der Waals surface area (Å²) >= 11 is 0. The van der Waals surface area contributed by atoms with Crippen LogP contribution in [0, 0.1) is 19.8 Å². The Kier molecular flexibility index (Phi) is 17.1. The average molecular weight is 439 g/mol. The van der Waals surface area contributed by atoms with Gasteiger partial charge in [-0.15, -0.1) is 0 Å². The molecule has 2 aliphatic rings. The molecule has 0 radical (unpaired) electrons. The Labute approximate surface area is 202 Å². The van der Waals surface area contributed by atoms with E-state index in [0.29, 0.717) is 0 Å². The Morgan fingerprint density at radius 3 is 1.59 bits per heavy atom. The zero-order chi connectivity index (χ0) is 24.5. The summed E-state index contributed by atoms with van der Waals surface area (Å²) < 4.78 is 0. The number of hydrogen-bond acceptors (Lipinski definition) is 0. The number of hydrogen-bond donors (Lipinski definition) is 0. The van der Waals surface area contributed by atoms with Gasteiger partial charge in [-0.2, -0.15) is 0 Å². The van der Waals surface area contributed by atoms with Crippen molar-refractivity contribution in [1.29, 1.82) is 0 Å². The third kappa shape index (κ3) is 9.93. The van der Waals surface area contributed by atoms with E-state index in [2.05, 4.69) is 56.3 Å². The maximum absolute atomic E-state index is 2.43. The third-order valence-corrected chi connectivity index (χ3v) is 6.14. The van der Waals surface area contributed by atoms with Crippen LogP contribution in [0.5, 0.6) is 0 Å². The molecule has 0 aromatic heterocycles. The van der Waals surface area contributed by atoms with Gasteiger partial charge in [-0.25, -0.2) is 0 Å². The molecule has 0 spiro atoms. The average Bonchev–Trinajstić information content (AvgIpc) is 3.63. The summed E-state index contributed by atoms with van der Waals surface area (Å²) in [6.45, 7) is 20.4. The van der Waals surface area contributed by atoms with E-state index in [1.54, 1.807) is 11.1 Å². The number of rotatable bonds is 4. The lowest BCUT2D eigenvalue weighted by Gasteiger charge is -2.22. The fraction of sp³-hybridized carbons (Fsp3) is 0.625.